The van der Waals surface area contributed by atoms with Crippen LogP contribution in [-0.4, -0.2) is 11.6 Å². The number of aryl methyl sites for hydroxylation is 1. The molecule has 0 bridgehead atoms. The summed E-state index contributed by atoms with van der Waals surface area (Å²) in [6.07, 6.45) is 3.07. The first-order chi connectivity index (χ1) is 10.3. The molecule has 3 rings (SSSR count). The van der Waals surface area contributed by atoms with E-state index in [1.807, 2.05) is 37.3 Å². The lowest BCUT2D eigenvalue weighted by atomic mass is 9.91. The Morgan fingerprint density at radius 2 is 2.14 bits per heavy atom. The number of nitrogens with one attached hydrogen (secondary N) is 2. The lowest BCUT2D eigenvalue weighted by Crippen LogP contribution is -2.21. The van der Waals surface area contributed by atoms with Crippen LogP contribution in [0.1, 0.15) is 37.1 Å². The first kappa shape index (κ1) is 13.7. The van der Waals surface area contributed by atoms with E-state index in [9.17, 15) is 4.79 Å². The third kappa shape index (κ3) is 2.94. The molecular weight excluding hydrogens is 264 g/mol. The Labute approximate surface area is 124 Å². The van der Waals surface area contributed by atoms with E-state index in [-0.39, 0.29) is 11.6 Å². The number of para-hydroxylation sites is 2. The Morgan fingerprint density at radius 3 is 3.00 bits per heavy atom. The van der Waals surface area contributed by atoms with Gasteiger partial charge in [0.05, 0.1) is 18.3 Å². The van der Waals surface area contributed by atoms with Crippen molar-refractivity contribution in [3.8, 4) is 5.75 Å². The highest BCUT2D eigenvalue weighted by Gasteiger charge is 2.21. The van der Waals surface area contributed by atoms with E-state index in [0.717, 1.165) is 36.4 Å². The number of fused-ring (bicyclic) bond motifs is 1. The van der Waals surface area contributed by atoms with Gasteiger partial charge in [-0.05, 0) is 49.9 Å². The van der Waals surface area contributed by atoms with Crippen molar-refractivity contribution in [2.45, 2.75) is 32.2 Å². The number of anilines is 1. The maximum atomic E-state index is 11.4. The third-order valence-corrected chi connectivity index (χ3v) is 3.85. The molecule has 1 aromatic heterocycles. The number of hydrogen-bond donors (Lipinski definition) is 2. The lowest BCUT2D eigenvalue weighted by Gasteiger charge is -2.27. The van der Waals surface area contributed by atoms with Crippen LogP contribution in [0.2, 0.25) is 0 Å². The fourth-order valence-electron chi connectivity index (χ4n) is 2.91. The van der Waals surface area contributed by atoms with Crippen LogP contribution in [0.5, 0.6) is 5.75 Å². The smallest absolute Gasteiger partial charge is 0.248 e. The molecule has 0 radical (unpaired) electrons. The number of rotatable bonds is 4. The van der Waals surface area contributed by atoms with Gasteiger partial charge in [-0.3, -0.25) is 4.79 Å². The summed E-state index contributed by atoms with van der Waals surface area (Å²) >= 11 is 0. The summed E-state index contributed by atoms with van der Waals surface area (Å²) in [6.45, 7) is 2.63. The maximum absolute atomic E-state index is 11.4. The maximum Gasteiger partial charge on any atom is 0.248 e. The first-order valence-electron chi connectivity index (χ1n) is 7.48. The van der Waals surface area contributed by atoms with Crippen LogP contribution in [0.4, 0.5) is 5.69 Å². The molecule has 0 saturated heterocycles. The van der Waals surface area contributed by atoms with Crippen molar-refractivity contribution in [2.75, 3.05) is 11.9 Å². The summed E-state index contributed by atoms with van der Waals surface area (Å²) in [5, 5.41) is 3.56. The Hall–Kier alpha value is -2.23. The highest BCUT2D eigenvalue weighted by atomic mass is 16.5. The number of aromatic amines is 1. The summed E-state index contributed by atoms with van der Waals surface area (Å²) < 4.78 is 5.67. The molecule has 21 heavy (non-hydrogen) atoms. The third-order valence-electron chi connectivity index (χ3n) is 3.85. The average molecular weight is 284 g/mol. The van der Waals surface area contributed by atoms with Gasteiger partial charge in [0.25, 0.3) is 0 Å². The normalized spacial score (nSPS) is 17.1. The van der Waals surface area contributed by atoms with Crippen molar-refractivity contribution in [3.05, 3.63) is 58.0 Å². The van der Waals surface area contributed by atoms with Gasteiger partial charge in [0.1, 0.15) is 5.75 Å². The van der Waals surface area contributed by atoms with Crippen LogP contribution in [0.25, 0.3) is 0 Å². The second-order valence-corrected chi connectivity index (χ2v) is 5.27. The molecule has 0 amide bonds. The van der Waals surface area contributed by atoms with Crippen LogP contribution in [-0.2, 0) is 6.42 Å². The minimum atomic E-state index is -0.0240. The number of aromatic nitrogens is 1. The van der Waals surface area contributed by atoms with Gasteiger partial charge in [0, 0.05) is 11.8 Å². The van der Waals surface area contributed by atoms with Gasteiger partial charge in [-0.2, -0.15) is 0 Å². The predicted molar refractivity (Wildman–Crippen MR) is 84.0 cm³/mol. The number of hydrogen-bond acceptors (Lipinski definition) is 3. The topological polar surface area (TPSA) is 54.1 Å². The summed E-state index contributed by atoms with van der Waals surface area (Å²) in [6, 6.07) is 11.7. The Kier molecular flexibility index (Phi) is 3.95. The van der Waals surface area contributed by atoms with Crippen molar-refractivity contribution < 1.29 is 4.74 Å². The number of H-pyrrole nitrogens is 1. The minimum absolute atomic E-state index is 0.0240. The van der Waals surface area contributed by atoms with Gasteiger partial charge >= 0.3 is 0 Å². The van der Waals surface area contributed by atoms with Crippen molar-refractivity contribution in [1.29, 1.82) is 0 Å². The van der Waals surface area contributed by atoms with Crippen molar-refractivity contribution in [2.24, 2.45) is 0 Å². The summed E-state index contributed by atoms with van der Waals surface area (Å²) in [7, 11) is 0. The van der Waals surface area contributed by atoms with Gasteiger partial charge in [0.15, 0.2) is 0 Å². The van der Waals surface area contributed by atoms with Crippen molar-refractivity contribution >= 4 is 5.69 Å². The zero-order valence-electron chi connectivity index (χ0n) is 12.2. The molecule has 1 aromatic carbocycles. The molecule has 1 aliphatic carbocycles. The molecule has 2 N–H and O–H groups in total. The van der Waals surface area contributed by atoms with Crippen LogP contribution in [0.15, 0.2) is 41.2 Å². The minimum Gasteiger partial charge on any atom is -0.492 e. The lowest BCUT2D eigenvalue weighted by molar-refractivity contribution is 0.341. The molecular formula is C17H20N2O2. The van der Waals surface area contributed by atoms with Crippen molar-refractivity contribution in [3.63, 3.8) is 0 Å². The Balaban J connectivity index is 1.89. The molecule has 2 aromatic rings. The molecule has 110 valence electrons. The van der Waals surface area contributed by atoms with Crippen LogP contribution in [0.3, 0.4) is 0 Å². The SMILES string of the molecule is CCOc1ccccc1NC1CCCc2[nH]c(=O)ccc21. The molecule has 0 saturated carbocycles. The second-order valence-electron chi connectivity index (χ2n) is 5.27. The highest BCUT2D eigenvalue weighted by molar-refractivity contribution is 5.57. The monoisotopic (exact) mass is 284 g/mol. The summed E-state index contributed by atoms with van der Waals surface area (Å²) in [4.78, 5) is 14.4. The van der Waals surface area contributed by atoms with E-state index in [4.69, 9.17) is 4.74 Å². The predicted octanol–water partition coefficient (Wildman–Crippen LogP) is 3.26. The molecule has 4 heteroatoms. The molecule has 0 fully saturated rings. The second kappa shape index (κ2) is 6.04. The molecule has 4 nitrogen and oxygen atoms in total. The van der Waals surface area contributed by atoms with E-state index in [1.165, 1.54) is 5.56 Å². The van der Waals surface area contributed by atoms with Crippen molar-refractivity contribution in [1.82, 2.24) is 4.98 Å². The summed E-state index contributed by atoms with van der Waals surface area (Å²) in [5.41, 5.74) is 3.22. The Morgan fingerprint density at radius 1 is 1.29 bits per heavy atom. The molecule has 0 spiro atoms. The fourth-order valence-corrected chi connectivity index (χ4v) is 2.91. The first-order valence-corrected chi connectivity index (χ1v) is 7.48. The van der Waals surface area contributed by atoms with Gasteiger partial charge in [-0.25, -0.2) is 0 Å². The van der Waals surface area contributed by atoms with E-state index >= 15 is 0 Å². The van der Waals surface area contributed by atoms with Crippen LogP contribution >= 0.6 is 0 Å². The molecule has 1 atom stereocenters. The highest BCUT2D eigenvalue weighted by Crippen LogP contribution is 2.34. The zero-order valence-corrected chi connectivity index (χ0v) is 12.2. The van der Waals surface area contributed by atoms with E-state index < -0.39 is 0 Å². The van der Waals surface area contributed by atoms with Crippen LogP contribution < -0.4 is 15.6 Å². The Bertz CT molecular complexity index is 678. The quantitative estimate of drug-likeness (QED) is 0.906. The number of benzene rings is 1. The van der Waals surface area contributed by atoms with Gasteiger partial charge < -0.3 is 15.0 Å². The fraction of sp³-hybridized carbons (Fsp3) is 0.353. The standard InChI is InChI=1S/C17H20N2O2/c1-2-21-16-9-4-3-6-15(16)18-13-7-5-8-14-12(13)10-11-17(20)19-14/h3-4,6,9-11,13,18H,2,5,7-8H2,1H3,(H,19,20). The molecule has 1 heterocycles. The van der Waals surface area contributed by atoms with Crippen LogP contribution in [0, 0.1) is 0 Å². The molecule has 1 unspecified atom stereocenters. The van der Waals surface area contributed by atoms with E-state index in [2.05, 4.69) is 10.3 Å². The average Bonchev–Trinajstić information content (AvgIpc) is 2.49. The van der Waals surface area contributed by atoms with Gasteiger partial charge in [0.2, 0.25) is 5.56 Å². The summed E-state index contributed by atoms with van der Waals surface area (Å²) in [5.74, 6) is 0.872. The molecule has 1 aliphatic rings. The number of ether oxygens (including phenoxy) is 1. The number of pyridine rings is 1. The largest absolute Gasteiger partial charge is 0.492 e. The van der Waals surface area contributed by atoms with Gasteiger partial charge in [-0.1, -0.05) is 12.1 Å². The van der Waals surface area contributed by atoms with Gasteiger partial charge in [-0.15, -0.1) is 0 Å². The zero-order chi connectivity index (χ0) is 14.7. The van der Waals surface area contributed by atoms with E-state index in [1.54, 1.807) is 6.07 Å². The molecule has 0 aliphatic heterocycles. The van der Waals surface area contributed by atoms with E-state index in [0.29, 0.717) is 6.61 Å².